The molecule has 1 aromatic heterocycles. The zero-order valence-corrected chi connectivity index (χ0v) is 14.9. The Hall–Kier alpha value is -0.530. The van der Waals surface area contributed by atoms with E-state index in [1.54, 1.807) is 17.5 Å². The minimum absolute atomic E-state index is 0.0909. The topological polar surface area (TPSA) is 55.2 Å². The summed E-state index contributed by atoms with van der Waals surface area (Å²) in [6, 6.07) is 0.0909. The lowest BCUT2D eigenvalue weighted by Gasteiger charge is -2.35. The predicted octanol–water partition coefficient (Wildman–Crippen LogP) is 2.50. The summed E-state index contributed by atoms with van der Waals surface area (Å²) >= 11 is 1.83. The van der Waals surface area contributed by atoms with Gasteiger partial charge in [-0.3, -0.25) is 4.68 Å². The summed E-state index contributed by atoms with van der Waals surface area (Å²) in [5.74, 6) is 0.850. The molecule has 1 aromatic rings. The van der Waals surface area contributed by atoms with Crippen molar-refractivity contribution in [3.63, 3.8) is 0 Å². The minimum Gasteiger partial charge on any atom is -0.274 e. The third kappa shape index (κ3) is 4.23. The van der Waals surface area contributed by atoms with Crippen LogP contribution in [0.3, 0.4) is 0 Å². The maximum Gasteiger partial charge on any atom is 0.246 e. The number of sulfonamides is 1. The Labute approximate surface area is 132 Å². The van der Waals surface area contributed by atoms with Crippen molar-refractivity contribution in [3.8, 4) is 0 Å². The van der Waals surface area contributed by atoms with E-state index in [0.29, 0.717) is 11.4 Å². The second-order valence-corrected chi connectivity index (χ2v) is 10.3. The lowest BCUT2D eigenvalue weighted by atomic mass is 10.1. The van der Waals surface area contributed by atoms with Gasteiger partial charge in [-0.25, -0.2) is 8.42 Å². The summed E-state index contributed by atoms with van der Waals surface area (Å²) < 4.78 is 29.0. The molecular weight excluding hydrogens is 306 g/mol. The molecule has 0 aromatic carbocycles. The average molecular weight is 332 g/mol. The van der Waals surface area contributed by atoms with Crippen LogP contribution < -0.4 is 0 Å². The first-order valence-electron chi connectivity index (χ1n) is 7.34. The molecule has 120 valence electrons. The van der Waals surface area contributed by atoms with Crippen molar-refractivity contribution in [1.82, 2.24) is 14.1 Å². The average Bonchev–Trinajstić information content (AvgIpc) is 2.83. The van der Waals surface area contributed by atoms with Crippen molar-refractivity contribution in [1.29, 1.82) is 0 Å². The third-order valence-electron chi connectivity index (χ3n) is 3.57. The normalized spacial score (nSPS) is 21.6. The lowest BCUT2D eigenvalue weighted by molar-refractivity contribution is 0.272. The number of hydrogen-bond donors (Lipinski definition) is 0. The summed E-state index contributed by atoms with van der Waals surface area (Å²) in [6.07, 6.45) is 6.02. The summed E-state index contributed by atoms with van der Waals surface area (Å²) in [6.45, 7) is 7.12. The molecule has 5 nitrogen and oxygen atoms in total. The van der Waals surface area contributed by atoms with Crippen molar-refractivity contribution in [2.45, 2.75) is 55.7 Å². The zero-order valence-electron chi connectivity index (χ0n) is 13.2. The van der Waals surface area contributed by atoms with Gasteiger partial charge in [-0.05, 0) is 12.8 Å². The van der Waals surface area contributed by atoms with Gasteiger partial charge in [0, 0.05) is 36.3 Å². The molecule has 0 bridgehead atoms. The Morgan fingerprint density at radius 1 is 1.38 bits per heavy atom. The molecule has 1 fully saturated rings. The highest BCUT2D eigenvalue weighted by molar-refractivity contribution is 8.00. The third-order valence-corrected chi connectivity index (χ3v) is 6.89. The summed E-state index contributed by atoms with van der Waals surface area (Å²) in [5, 5.41) is 3.99. The molecule has 0 amide bonds. The van der Waals surface area contributed by atoms with E-state index in [0.717, 1.165) is 25.0 Å². The van der Waals surface area contributed by atoms with Gasteiger partial charge < -0.3 is 0 Å². The SMILES string of the molecule is Cn1cc(S(=O)(=O)N2CCCCC2CSC(C)(C)C)cn1. The summed E-state index contributed by atoms with van der Waals surface area (Å²) in [7, 11) is -1.68. The highest BCUT2D eigenvalue weighted by Gasteiger charge is 2.34. The van der Waals surface area contributed by atoms with E-state index in [1.165, 1.54) is 10.9 Å². The van der Waals surface area contributed by atoms with E-state index in [1.807, 2.05) is 11.8 Å². The Balaban J connectivity index is 2.18. The van der Waals surface area contributed by atoms with E-state index in [9.17, 15) is 8.42 Å². The van der Waals surface area contributed by atoms with Crippen molar-refractivity contribution >= 4 is 21.8 Å². The molecule has 0 aliphatic carbocycles. The van der Waals surface area contributed by atoms with Gasteiger partial charge >= 0.3 is 0 Å². The van der Waals surface area contributed by atoms with Crippen LogP contribution >= 0.6 is 11.8 Å². The van der Waals surface area contributed by atoms with Crippen LogP contribution in [0, 0.1) is 0 Å². The van der Waals surface area contributed by atoms with Gasteiger partial charge in [0.1, 0.15) is 4.90 Å². The van der Waals surface area contributed by atoms with E-state index >= 15 is 0 Å². The van der Waals surface area contributed by atoms with Gasteiger partial charge in [0.15, 0.2) is 0 Å². The van der Waals surface area contributed by atoms with Crippen molar-refractivity contribution < 1.29 is 8.42 Å². The number of thioether (sulfide) groups is 1. The monoisotopic (exact) mass is 331 g/mol. The second-order valence-electron chi connectivity index (χ2n) is 6.54. The van der Waals surface area contributed by atoms with Crippen molar-refractivity contribution in [2.24, 2.45) is 7.05 Å². The molecule has 2 heterocycles. The highest BCUT2D eigenvalue weighted by Crippen LogP contribution is 2.31. The van der Waals surface area contributed by atoms with E-state index in [4.69, 9.17) is 0 Å². The summed E-state index contributed by atoms with van der Waals surface area (Å²) in [4.78, 5) is 0.303. The van der Waals surface area contributed by atoms with Crippen LogP contribution in [0.15, 0.2) is 17.3 Å². The Bertz CT molecular complexity index is 575. The minimum atomic E-state index is -3.42. The van der Waals surface area contributed by atoms with Crippen molar-refractivity contribution in [2.75, 3.05) is 12.3 Å². The van der Waals surface area contributed by atoms with Crippen LogP contribution in [0.2, 0.25) is 0 Å². The quantitative estimate of drug-likeness (QED) is 0.850. The van der Waals surface area contributed by atoms with E-state index < -0.39 is 10.0 Å². The smallest absolute Gasteiger partial charge is 0.246 e. The van der Waals surface area contributed by atoms with Gasteiger partial charge in [0.05, 0.1) is 6.20 Å². The lowest BCUT2D eigenvalue weighted by Crippen LogP contribution is -2.45. The molecule has 21 heavy (non-hydrogen) atoms. The molecular formula is C14H25N3O2S2. The first-order chi connectivity index (χ1) is 9.70. The van der Waals surface area contributed by atoms with Gasteiger partial charge in [0.25, 0.3) is 0 Å². The van der Waals surface area contributed by atoms with Gasteiger partial charge in [-0.1, -0.05) is 27.2 Å². The molecule has 1 unspecified atom stereocenters. The van der Waals surface area contributed by atoms with Gasteiger partial charge in [-0.15, -0.1) is 0 Å². The first-order valence-corrected chi connectivity index (χ1v) is 9.77. The van der Waals surface area contributed by atoms with Gasteiger partial charge in [0.2, 0.25) is 10.0 Å². The van der Waals surface area contributed by atoms with E-state index in [2.05, 4.69) is 25.9 Å². The molecule has 0 saturated carbocycles. The van der Waals surface area contributed by atoms with Gasteiger partial charge in [-0.2, -0.15) is 21.2 Å². The molecule has 1 saturated heterocycles. The van der Waals surface area contributed by atoms with Crippen LogP contribution in [0.4, 0.5) is 0 Å². The van der Waals surface area contributed by atoms with E-state index in [-0.39, 0.29) is 10.8 Å². The largest absolute Gasteiger partial charge is 0.274 e. The Kier molecular flexibility index (Phi) is 5.05. The van der Waals surface area contributed by atoms with Crippen LogP contribution in [0.5, 0.6) is 0 Å². The Morgan fingerprint density at radius 2 is 2.10 bits per heavy atom. The second kappa shape index (κ2) is 6.30. The Morgan fingerprint density at radius 3 is 2.67 bits per heavy atom. The number of hydrogen-bond acceptors (Lipinski definition) is 4. The molecule has 1 atom stereocenters. The molecule has 1 aliphatic heterocycles. The molecule has 0 spiro atoms. The number of piperidine rings is 1. The van der Waals surface area contributed by atoms with Crippen molar-refractivity contribution in [3.05, 3.63) is 12.4 Å². The number of nitrogens with zero attached hydrogens (tertiary/aromatic N) is 3. The van der Waals surface area contributed by atoms with Crippen LogP contribution in [0.1, 0.15) is 40.0 Å². The zero-order chi connectivity index (χ0) is 15.7. The fraction of sp³-hybridized carbons (Fsp3) is 0.786. The van der Waals surface area contributed by atoms with Crippen LogP contribution in [0.25, 0.3) is 0 Å². The predicted molar refractivity (Wildman–Crippen MR) is 86.9 cm³/mol. The standard InChI is InChI=1S/C14H25N3O2S2/c1-14(2,3)20-11-12-7-5-6-8-17(12)21(18,19)13-9-15-16(4)10-13/h9-10,12H,5-8,11H2,1-4H3. The molecule has 0 radical (unpaired) electrons. The highest BCUT2D eigenvalue weighted by atomic mass is 32.2. The molecule has 1 aliphatic rings. The number of aryl methyl sites for hydroxylation is 1. The maximum atomic E-state index is 12.8. The van der Waals surface area contributed by atoms with Crippen LogP contribution in [-0.2, 0) is 17.1 Å². The maximum absolute atomic E-state index is 12.8. The fourth-order valence-corrected chi connectivity index (χ4v) is 5.28. The molecule has 0 N–H and O–H groups in total. The first kappa shape index (κ1) is 16.8. The number of aromatic nitrogens is 2. The number of rotatable bonds is 4. The summed E-state index contributed by atoms with van der Waals surface area (Å²) in [5.41, 5.74) is 0. The fourth-order valence-electron chi connectivity index (χ4n) is 2.47. The van der Waals surface area contributed by atoms with Crippen LogP contribution in [-0.4, -0.2) is 45.6 Å². The molecule has 2 rings (SSSR count). The molecule has 7 heteroatoms.